The second-order valence-electron chi connectivity index (χ2n) is 3.41. The summed E-state index contributed by atoms with van der Waals surface area (Å²) in [4.78, 5) is 0. The number of allylic oxidation sites excluding steroid dienone is 1. The van der Waals surface area contributed by atoms with Gasteiger partial charge in [0.1, 0.15) is 5.75 Å². The van der Waals surface area contributed by atoms with Gasteiger partial charge in [0.25, 0.3) is 0 Å². The lowest BCUT2D eigenvalue weighted by molar-refractivity contribution is 0.478. The summed E-state index contributed by atoms with van der Waals surface area (Å²) in [6, 6.07) is 7.87. The van der Waals surface area contributed by atoms with E-state index in [1.54, 1.807) is 6.26 Å². The van der Waals surface area contributed by atoms with Crippen molar-refractivity contribution in [3.05, 3.63) is 48.7 Å². The van der Waals surface area contributed by atoms with Gasteiger partial charge in [0, 0.05) is 0 Å². The van der Waals surface area contributed by atoms with Crippen LogP contribution in [-0.4, -0.2) is 0 Å². The highest BCUT2D eigenvalue weighted by Crippen LogP contribution is 2.13. The first kappa shape index (κ1) is 11.6. The number of benzene rings is 1. The maximum atomic E-state index is 5.44. The first-order valence-electron chi connectivity index (χ1n) is 5.41. The van der Waals surface area contributed by atoms with Crippen LogP contribution in [0.25, 0.3) is 6.08 Å². The van der Waals surface area contributed by atoms with E-state index in [-0.39, 0.29) is 0 Å². The maximum Gasteiger partial charge on any atom is 0.126 e. The Morgan fingerprint density at radius 2 is 2.00 bits per heavy atom. The minimum atomic E-state index is 0.869. The highest BCUT2D eigenvalue weighted by molar-refractivity contribution is 5.48. The molecule has 0 aliphatic carbocycles. The first-order chi connectivity index (χ1) is 7.36. The lowest BCUT2D eigenvalue weighted by atomic mass is 10.2. The molecular weight excluding hydrogens is 184 g/mol. The Hall–Kier alpha value is -1.50. The fourth-order valence-electron chi connectivity index (χ4n) is 1.20. The number of hydrogen-bond acceptors (Lipinski definition) is 1. The number of hydrogen-bond donors (Lipinski definition) is 0. The Morgan fingerprint density at radius 3 is 2.60 bits per heavy atom. The zero-order valence-corrected chi connectivity index (χ0v) is 9.28. The summed E-state index contributed by atoms with van der Waals surface area (Å²) in [5.74, 6) is 0.869. The minimum Gasteiger partial charge on any atom is -0.465 e. The normalized spacial score (nSPS) is 10.5. The number of ether oxygens (including phenoxy) is 1. The van der Waals surface area contributed by atoms with Crippen molar-refractivity contribution in [2.24, 2.45) is 0 Å². The molecule has 0 saturated carbocycles. The standard InChI is InChI=1S/C14H18O/c1-3-5-6-7-12-15-14-10-8-13(4-2)9-11-14/h4,7-12H,2-3,5-6H2,1H3. The van der Waals surface area contributed by atoms with Crippen molar-refractivity contribution in [3.63, 3.8) is 0 Å². The molecule has 0 fully saturated rings. The molecule has 0 aromatic heterocycles. The monoisotopic (exact) mass is 202 g/mol. The number of rotatable bonds is 6. The summed E-state index contributed by atoms with van der Waals surface area (Å²) < 4.78 is 5.44. The van der Waals surface area contributed by atoms with Gasteiger partial charge in [0.2, 0.25) is 0 Å². The van der Waals surface area contributed by atoms with Crippen molar-refractivity contribution < 1.29 is 4.74 Å². The van der Waals surface area contributed by atoms with Crippen LogP contribution in [0, 0.1) is 0 Å². The molecule has 0 heterocycles. The zero-order chi connectivity index (χ0) is 10.9. The van der Waals surface area contributed by atoms with Crippen LogP contribution < -0.4 is 4.74 Å². The SMILES string of the molecule is C=Cc1ccc(OC=CCCCC)cc1. The Morgan fingerprint density at radius 1 is 1.27 bits per heavy atom. The Balaban J connectivity index is 2.37. The fourth-order valence-corrected chi connectivity index (χ4v) is 1.20. The molecule has 1 rings (SSSR count). The molecule has 0 radical (unpaired) electrons. The van der Waals surface area contributed by atoms with Crippen molar-refractivity contribution in [2.45, 2.75) is 26.2 Å². The highest BCUT2D eigenvalue weighted by Gasteiger charge is 1.89. The predicted octanol–water partition coefficient (Wildman–Crippen LogP) is 4.41. The molecule has 1 aromatic rings. The molecule has 0 saturated heterocycles. The summed E-state index contributed by atoms with van der Waals surface area (Å²) in [6.45, 7) is 5.88. The van der Waals surface area contributed by atoms with Gasteiger partial charge in [-0.25, -0.2) is 0 Å². The van der Waals surface area contributed by atoms with E-state index in [1.165, 1.54) is 12.8 Å². The van der Waals surface area contributed by atoms with Crippen LogP contribution in [0.4, 0.5) is 0 Å². The van der Waals surface area contributed by atoms with Crippen LogP contribution in [-0.2, 0) is 0 Å². The van der Waals surface area contributed by atoms with Crippen molar-refractivity contribution >= 4 is 6.08 Å². The van der Waals surface area contributed by atoms with Crippen molar-refractivity contribution in [1.29, 1.82) is 0 Å². The molecule has 0 spiro atoms. The minimum absolute atomic E-state index is 0.869. The van der Waals surface area contributed by atoms with Crippen LogP contribution in [0.5, 0.6) is 5.75 Å². The van der Waals surface area contributed by atoms with Gasteiger partial charge in [-0.2, -0.15) is 0 Å². The van der Waals surface area contributed by atoms with E-state index < -0.39 is 0 Å². The Bertz CT molecular complexity index is 309. The van der Waals surface area contributed by atoms with Crippen LogP contribution in [0.2, 0.25) is 0 Å². The van der Waals surface area contributed by atoms with Crippen LogP contribution in [0.1, 0.15) is 31.7 Å². The Labute approximate surface area is 92.1 Å². The van der Waals surface area contributed by atoms with Gasteiger partial charge in [-0.1, -0.05) is 38.1 Å². The number of unbranched alkanes of at least 4 members (excludes halogenated alkanes) is 2. The smallest absolute Gasteiger partial charge is 0.126 e. The summed E-state index contributed by atoms with van der Waals surface area (Å²) in [5.41, 5.74) is 1.11. The van der Waals surface area contributed by atoms with E-state index in [0.717, 1.165) is 17.7 Å². The van der Waals surface area contributed by atoms with Crippen molar-refractivity contribution in [2.75, 3.05) is 0 Å². The van der Waals surface area contributed by atoms with Gasteiger partial charge < -0.3 is 4.74 Å². The van der Waals surface area contributed by atoms with Crippen LogP contribution >= 0.6 is 0 Å². The molecule has 0 bridgehead atoms. The third-order valence-electron chi connectivity index (χ3n) is 2.14. The third kappa shape index (κ3) is 4.50. The quantitative estimate of drug-likeness (QED) is 0.490. The second kappa shape index (κ2) is 6.88. The summed E-state index contributed by atoms with van der Waals surface area (Å²) >= 11 is 0. The molecule has 0 unspecified atom stereocenters. The fraction of sp³-hybridized carbons (Fsp3) is 0.286. The summed E-state index contributed by atoms with van der Waals surface area (Å²) in [7, 11) is 0. The Kier molecular flexibility index (Phi) is 5.31. The van der Waals surface area contributed by atoms with Gasteiger partial charge in [-0.3, -0.25) is 0 Å². The molecule has 0 amide bonds. The van der Waals surface area contributed by atoms with E-state index in [9.17, 15) is 0 Å². The van der Waals surface area contributed by atoms with E-state index in [0.29, 0.717) is 0 Å². The van der Waals surface area contributed by atoms with Crippen molar-refractivity contribution in [1.82, 2.24) is 0 Å². The average Bonchev–Trinajstić information content (AvgIpc) is 2.30. The summed E-state index contributed by atoms with van der Waals surface area (Å²) in [6.07, 6.45) is 9.17. The third-order valence-corrected chi connectivity index (χ3v) is 2.14. The maximum absolute atomic E-state index is 5.44. The molecule has 0 N–H and O–H groups in total. The van der Waals surface area contributed by atoms with Gasteiger partial charge in [0.05, 0.1) is 6.26 Å². The average molecular weight is 202 g/mol. The molecule has 1 nitrogen and oxygen atoms in total. The van der Waals surface area contributed by atoms with Crippen LogP contribution in [0.15, 0.2) is 43.2 Å². The van der Waals surface area contributed by atoms with E-state index in [4.69, 9.17) is 4.74 Å². The molecule has 0 atom stereocenters. The topological polar surface area (TPSA) is 9.23 Å². The lowest BCUT2D eigenvalue weighted by Gasteiger charge is -2.00. The predicted molar refractivity (Wildman–Crippen MR) is 65.8 cm³/mol. The van der Waals surface area contributed by atoms with Crippen molar-refractivity contribution in [3.8, 4) is 5.75 Å². The van der Waals surface area contributed by atoms with E-state index in [2.05, 4.69) is 19.6 Å². The highest BCUT2D eigenvalue weighted by atomic mass is 16.5. The zero-order valence-electron chi connectivity index (χ0n) is 9.28. The largest absolute Gasteiger partial charge is 0.465 e. The molecule has 15 heavy (non-hydrogen) atoms. The first-order valence-corrected chi connectivity index (χ1v) is 5.41. The molecule has 1 aromatic carbocycles. The molecule has 0 aliphatic rings. The molecule has 1 heteroatoms. The molecule has 80 valence electrons. The van der Waals surface area contributed by atoms with E-state index in [1.807, 2.05) is 30.3 Å². The van der Waals surface area contributed by atoms with Crippen LogP contribution in [0.3, 0.4) is 0 Å². The van der Waals surface area contributed by atoms with Gasteiger partial charge >= 0.3 is 0 Å². The van der Waals surface area contributed by atoms with Gasteiger partial charge in [-0.05, 0) is 36.6 Å². The lowest BCUT2D eigenvalue weighted by Crippen LogP contribution is -1.81. The second-order valence-corrected chi connectivity index (χ2v) is 3.41. The van der Waals surface area contributed by atoms with Gasteiger partial charge in [-0.15, -0.1) is 0 Å². The molecular formula is C14H18O. The van der Waals surface area contributed by atoms with E-state index >= 15 is 0 Å². The van der Waals surface area contributed by atoms with Gasteiger partial charge in [0.15, 0.2) is 0 Å². The summed E-state index contributed by atoms with van der Waals surface area (Å²) in [5, 5.41) is 0. The molecule has 0 aliphatic heterocycles.